The molecule has 39 heavy (non-hydrogen) atoms. The lowest BCUT2D eigenvalue weighted by Gasteiger charge is -2.47. The number of carbonyl (C=O) groups is 3. The molecule has 0 N–H and O–H groups in total. The molecule has 0 aromatic heterocycles. The number of allylic oxidation sites excluding steroid dienone is 4. The Labute approximate surface area is 239 Å². The molecule has 0 spiro atoms. The van der Waals surface area contributed by atoms with E-state index >= 15 is 0 Å². The molecular formula is C31H55NO6S. The molecule has 0 amide bonds. The van der Waals surface area contributed by atoms with Gasteiger partial charge >= 0.3 is 5.97 Å². The lowest BCUT2D eigenvalue weighted by molar-refractivity contribution is -0.159. The van der Waals surface area contributed by atoms with Gasteiger partial charge in [0.2, 0.25) is 0 Å². The van der Waals surface area contributed by atoms with E-state index in [4.69, 9.17) is 18.6 Å². The Morgan fingerprint density at radius 3 is 2.26 bits per heavy atom. The molecule has 0 radical (unpaired) electrons. The standard InChI is InChI=1S/C25H42O3S.C4H8O.CH3NO.CH2O/c1-17-8-12-23-19(14-17)10-9-18(2)22(23)13-11-20-15-21(16-24(26)27-20)28-29(6,7)25(3,4)5;1-3-4(2)5;1-2-3;1-2/h9-10,14,17-18,20-23H,8,11-13,15-16H2,1-7H3;3H2,1-2H3;1H3;1H2/t17-,18?,20-,21?,22?,23+;;;/m1.../s1. The van der Waals surface area contributed by atoms with E-state index in [1.807, 2.05) is 13.7 Å². The van der Waals surface area contributed by atoms with E-state index in [1.165, 1.54) is 19.9 Å². The van der Waals surface area contributed by atoms with Crippen molar-refractivity contribution >= 4 is 28.9 Å². The molecule has 2 aliphatic carbocycles. The summed E-state index contributed by atoms with van der Waals surface area (Å²) in [5.74, 6) is 2.81. The van der Waals surface area contributed by atoms with Gasteiger partial charge in [0, 0.05) is 17.6 Å². The summed E-state index contributed by atoms with van der Waals surface area (Å²) in [6.07, 6.45) is 18.3. The predicted octanol–water partition coefficient (Wildman–Crippen LogP) is 7.61. The van der Waals surface area contributed by atoms with Crippen molar-refractivity contribution in [3.63, 3.8) is 0 Å². The largest absolute Gasteiger partial charge is 0.462 e. The maximum Gasteiger partial charge on any atom is 0.308 e. The fourth-order valence-corrected chi connectivity index (χ4v) is 6.09. The fourth-order valence-electron chi connectivity index (χ4n) is 4.98. The second-order valence-corrected chi connectivity index (χ2v) is 16.0. The number of nitrogens with zero attached hydrogens (tertiary/aromatic N) is 1. The quantitative estimate of drug-likeness (QED) is 0.241. The highest BCUT2D eigenvalue weighted by Gasteiger charge is 2.38. The SMILES string of the molecule is C=O.CC1C=CC2=C[C@H](C)CC[C@@H]2C1CC[C@@H]1CC(OS(C)(C)C(C)(C)C)CC(=O)O1.CCC(C)=O.CN=O. The van der Waals surface area contributed by atoms with Crippen LogP contribution in [0.5, 0.6) is 0 Å². The number of cyclic esters (lactones) is 1. The zero-order valence-corrected chi connectivity index (χ0v) is 27.0. The summed E-state index contributed by atoms with van der Waals surface area (Å²) >= 11 is 0. The van der Waals surface area contributed by atoms with Gasteiger partial charge in [-0.15, -0.1) is 10.3 Å². The average molecular weight is 570 g/mol. The van der Waals surface area contributed by atoms with Crippen LogP contribution < -0.4 is 0 Å². The lowest BCUT2D eigenvalue weighted by atomic mass is 9.66. The molecule has 226 valence electrons. The molecular weight excluding hydrogens is 514 g/mol. The van der Waals surface area contributed by atoms with E-state index in [1.54, 1.807) is 12.5 Å². The minimum Gasteiger partial charge on any atom is -0.462 e. The third-order valence-corrected chi connectivity index (χ3v) is 11.7. The number of hydrogen-bond donors (Lipinski definition) is 0. The van der Waals surface area contributed by atoms with Crippen LogP contribution in [0.3, 0.4) is 0 Å². The first-order valence-electron chi connectivity index (χ1n) is 14.1. The summed E-state index contributed by atoms with van der Waals surface area (Å²) in [6.45, 7) is 16.8. The third-order valence-electron chi connectivity index (χ3n) is 8.01. The topological polar surface area (TPSA) is 99.1 Å². The van der Waals surface area contributed by atoms with Gasteiger partial charge in [-0.3, -0.25) is 4.79 Å². The average Bonchev–Trinajstić information content (AvgIpc) is 2.84. The second kappa shape index (κ2) is 17.8. The number of rotatable bonds is 6. The van der Waals surface area contributed by atoms with E-state index in [0.29, 0.717) is 36.5 Å². The molecule has 3 aliphatic rings. The molecule has 1 saturated heterocycles. The van der Waals surface area contributed by atoms with Crippen molar-refractivity contribution in [3.05, 3.63) is 28.7 Å². The van der Waals surface area contributed by atoms with E-state index in [2.05, 4.69) is 70.5 Å². The summed E-state index contributed by atoms with van der Waals surface area (Å²) < 4.78 is 12.4. The van der Waals surface area contributed by atoms with Gasteiger partial charge in [-0.2, -0.15) is 4.91 Å². The Kier molecular flexibility index (Phi) is 17.0. The number of Topliss-reactive ketones (excluding diaryl/α,β-unsaturated/α-hetero) is 1. The zero-order chi connectivity index (χ0) is 30.4. The van der Waals surface area contributed by atoms with Crippen molar-refractivity contribution < 1.29 is 23.3 Å². The molecule has 0 saturated carbocycles. The Balaban J connectivity index is 0.00000125. The predicted molar refractivity (Wildman–Crippen MR) is 164 cm³/mol. The number of nitroso groups, excluding NO2 is 1. The van der Waals surface area contributed by atoms with E-state index in [9.17, 15) is 9.59 Å². The Morgan fingerprint density at radius 2 is 1.74 bits per heavy atom. The number of carbonyl (C=O) groups excluding carboxylic acids is 3. The lowest BCUT2D eigenvalue weighted by Crippen LogP contribution is -2.38. The monoisotopic (exact) mass is 569 g/mol. The van der Waals surface area contributed by atoms with Gasteiger partial charge in [0.25, 0.3) is 0 Å². The van der Waals surface area contributed by atoms with Crippen LogP contribution >= 0.6 is 10.3 Å². The van der Waals surface area contributed by atoms with Crippen LogP contribution in [-0.2, 0) is 23.3 Å². The van der Waals surface area contributed by atoms with Crippen LogP contribution in [-0.4, -0.2) is 55.1 Å². The maximum atomic E-state index is 12.3. The number of ether oxygens (including phenoxy) is 1. The van der Waals surface area contributed by atoms with Crippen LogP contribution in [0.1, 0.15) is 93.4 Å². The van der Waals surface area contributed by atoms with Crippen molar-refractivity contribution in [1.82, 2.24) is 0 Å². The molecule has 0 aromatic carbocycles. The van der Waals surface area contributed by atoms with Gasteiger partial charge in [-0.1, -0.05) is 64.9 Å². The van der Waals surface area contributed by atoms with Gasteiger partial charge in [-0.25, -0.2) is 0 Å². The van der Waals surface area contributed by atoms with Gasteiger partial charge in [0.1, 0.15) is 18.7 Å². The van der Waals surface area contributed by atoms with E-state index < -0.39 is 10.3 Å². The van der Waals surface area contributed by atoms with Gasteiger partial charge < -0.3 is 18.5 Å². The highest BCUT2D eigenvalue weighted by molar-refractivity contribution is 8.29. The Morgan fingerprint density at radius 1 is 1.18 bits per heavy atom. The molecule has 0 aromatic rings. The molecule has 6 atom stereocenters. The molecule has 3 rings (SSSR count). The van der Waals surface area contributed by atoms with Crippen LogP contribution in [0.4, 0.5) is 0 Å². The first-order valence-corrected chi connectivity index (χ1v) is 16.5. The maximum absolute atomic E-state index is 12.3. The number of fused-ring (bicyclic) bond motifs is 1. The number of esters is 1. The molecule has 1 aliphatic heterocycles. The first-order chi connectivity index (χ1) is 18.1. The second-order valence-electron chi connectivity index (χ2n) is 12.1. The molecule has 0 bridgehead atoms. The molecule has 3 unspecified atom stereocenters. The zero-order valence-electron chi connectivity index (χ0n) is 26.2. The van der Waals surface area contributed by atoms with Crippen molar-refractivity contribution in [3.8, 4) is 0 Å². The Hall–Kier alpha value is -1.80. The fraction of sp³-hybridized carbons (Fsp3) is 0.774. The number of hydrogen-bond acceptors (Lipinski definition) is 7. The summed E-state index contributed by atoms with van der Waals surface area (Å²) in [5, 5.41) is 2.25. The van der Waals surface area contributed by atoms with Gasteiger partial charge in [0.05, 0.1) is 19.6 Å². The van der Waals surface area contributed by atoms with Crippen LogP contribution in [0.15, 0.2) is 29.0 Å². The number of ketones is 1. The smallest absolute Gasteiger partial charge is 0.308 e. The highest BCUT2D eigenvalue weighted by atomic mass is 32.3. The minimum absolute atomic E-state index is 0.000127. The van der Waals surface area contributed by atoms with Crippen LogP contribution in [0, 0.1) is 28.6 Å². The summed E-state index contributed by atoms with van der Waals surface area (Å²) in [5.41, 5.74) is 1.55. The van der Waals surface area contributed by atoms with E-state index in [-0.39, 0.29) is 28.7 Å². The van der Waals surface area contributed by atoms with Gasteiger partial charge in [-0.05, 0) is 74.4 Å². The third kappa shape index (κ3) is 12.9. The summed E-state index contributed by atoms with van der Waals surface area (Å²) in [4.78, 5) is 38.7. The Bertz CT molecular complexity index is 831. The van der Waals surface area contributed by atoms with Gasteiger partial charge in [0.15, 0.2) is 0 Å². The molecule has 1 heterocycles. The van der Waals surface area contributed by atoms with Crippen LogP contribution in [0.25, 0.3) is 0 Å². The normalized spacial score (nSPS) is 28.4. The highest BCUT2D eigenvalue weighted by Crippen LogP contribution is 2.55. The van der Waals surface area contributed by atoms with Crippen molar-refractivity contribution in [2.45, 2.75) is 110 Å². The summed E-state index contributed by atoms with van der Waals surface area (Å²) in [6, 6.07) is 0. The van der Waals surface area contributed by atoms with Crippen molar-refractivity contribution in [2.75, 3.05) is 19.6 Å². The molecule has 8 heteroatoms. The minimum atomic E-state index is -1.23. The van der Waals surface area contributed by atoms with Crippen molar-refractivity contribution in [1.29, 1.82) is 0 Å². The molecule has 7 nitrogen and oxygen atoms in total. The van der Waals surface area contributed by atoms with E-state index in [0.717, 1.165) is 19.3 Å². The van der Waals surface area contributed by atoms with Crippen molar-refractivity contribution in [2.24, 2.45) is 28.8 Å². The first kappa shape index (κ1) is 37.2. The molecule has 1 fully saturated rings. The van der Waals surface area contributed by atoms with Crippen LogP contribution in [0.2, 0.25) is 0 Å². The summed E-state index contributed by atoms with van der Waals surface area (Å²) in [7, 11) is -0.0394.